The van der Waals surface area contributed by atoms with E-state index >= 15 is 0 Å². The first-order chi connectivity index (χ1) is 11.6. The lowest BCUT2D eigenvalue weighted by Gasteiger charge is -2.31. The number of guanidine groups is 1. The first-order valence-corrected chi connectivity index (χ1v) is 9.45. The molecule has 6 heteroatoms. The Labute approximate surface area is 174 Å². The van der Waals surface area contributed by atoms with Crippen molar-refractivity contribution in [3.63, 3.8) is 0 Å². The Hall–Kier alpha value is -0.530. The molecule has 1 aliphatic rings. The third kappa shape index (κ3) is 7.31. The number of piperidine rings is 1. The van der Waals surface area contributed by atoms with Crippen LogP contribution in [0.3, 0.4) is 0 Å². The van der Waals surface area contributed by atoms with Crippen LogP contribution >= 0.6 is 35.6 Å². The Morgan fingerprint density at radius 2 is 2.00 bits per heavy atom. The standard InChI is InChI=1S/C19H31ClN4.HI/c1-4-24-13-10-16(11-14-24)9-12-22-19(21-3)23-15(2)17-7-5-6-8-18(17)20;/h5-8,15-16H,4,9-14H2,1-3H3,(H2,21,22,23);1H. The maximum Gasteiger partial charge on any atom is 0.191 e. The van der Waals surface area contributed by atoms with Crippen LogP contribution in [0.15, 0.2) is 29.3 Å². The van der Waals surface area contributed by atoms with E-state index in [2.05, 4.69) is 40.4 Å². The number of hydrogen-bond acceptors (Lipinski definition) is 2. The first kappa shape index (κ1) is 22.5. The van der Waals surface area contributed by atoms with Crippen molar-refractivity contribution in [2.24, 2.45) is 10.9 Å². The van der Waals surface area contributed by atoms with Crippen LogP contribution in [0.25, 0.3) is 0 Å². The van der Waals surface area contributed by atoms with E-state index in [1.807, 2.05) is 25.2 Å². The Kier molecular flexibility index (Phi) is 10.8. The molecule has 1 fully saturated rings. The molecule has 0 bridgehead atoms. The smallest absolute Gasteiger partial charge is 0.191 e. The zero-order valence-electron chi connectivity index (χ0n) is 15.6. The molecule has 2 N–H and O–H groups in total. The summed E-state index contributed by atoms with van der Waals surface area (Å²) in [6.07, 6.45) is 3.84. The van der Waals surface area contributed by atoms with Gasteiger partial charge in [0.15, 0.2) is 5.96 Å². The third-order valence-electron chi connectivity index (χ3n) is 4.95. The molecule has 1 aromatic carbocycles. The highest BCUT2D eigenvalue weighted by Gasteiger charge is 2.18. The van der Waals surface area contributed by atoms with Gasteiger partial charge in [0, 0.05) is 18.6 Å². The lowest BCUT2D eigenvalue weighted by Crippen LogP contribution is -2.40. The second-order valence-corrected chi connectivity index (χ2v) is 6.96. The highest BCUT2D eigenvalue weighted by molar-refractivity contribution is 14.0. The van der Waals surface area contributed by atoms with Crippen molar-refractivity contribution >= 4 is 41.5 Å². The highest BCUT2D eigenvalue weighted by atomic mass is 127. The summed E-state index contributed by atoms with van der Waals surface area (Å²) in [6, 6.07) is 8.06. The van der Waals surface area contributed by atoms with Crippen molar-refractivity contribution in [3.8, 4) is 0 Å². The summed E-state index contributed by atoms with van der Waals surface area (Å²) in [5, 5.41) is 7.66. The zero-order valence-corrected chi connectivity index (χ0v) is 18.7. The van der Waals surface area contributed by atoms with E-state index in [0.717, 1.165) is 29.0 Å². The summed E-state index contributed by atoms with van der Waals surface area (Å²) in [4.78, 5) is 6.87. The van der Waals surface area contributed by atoms with E-state index in [4.69, 9.17) is 11.6 Å². The van der Waals surface area contributed by atoms with Gasteiger partial charge in [0.05, 0.1) is 6.04 Å². The molecule has 1 aliphatic heterocycles. The molecule has 0 aromatic heterocycles. The molecule has 0 saturated carbocycles. The second-order valence-electron chi connectivity index (χ2n) is 6.55. The van der Waals surface area contributed by atoms with E-state index in [1.165, 1.54) is 38.9 Å². The predicted octanol–water partition coefficient (Wildman–Crippen LogP) is 4.31. The number of nitrogens with zero attached hydrogens (tertiary/aromatic N) is 2. The zero-order chi connectivity index (χ0) is 17.4. The third-order valence-corrected chi connectivity index (χ3v) is 5.29. The van der Waals surface area contributed by atoms with Crippen LogP contribution in [-0.2, 0) is 0 Å². The molecule has 0 spiro atoms. The minimum atomic E-state index is 0. The largest absolute Gasteiger partial charge is 0.356 e. The van der Waals surface area contributed by atoms with Gasteiger partial charge in [-0.2, -0.15) is 0 Å². The Morgan fingerprint density at radius 1 is 1.32 bits per heavy atom. The molecular weight excluding hydrogens is 447 g/mol. The average molecular weight is 479 g/mol. The van der Waals surface area contributed by atoms with Crippen molar-refractivity contribution in [2.75, 3.05) is 33.2 Å². The van der Waals surface area contributed by atoms with Gasteiger partial charge in [-0.05, 0) is 63.4 Å². The number of aliphatic imine (C=N–C) groups is 1. The van der Waals surface area contributed by atoms with E-state index in [-0.39, 0.29) is 30.0 Å². The second kappa shape index (κ2) is 12.0. The molecule has 0 amide bonds. The van der Waals surface area contributed by atoms with Crippen LogP contribution < -0.4 is 10.6 Å². The molecule has 0 radical (unpaired) electrons. The van der Waals surface area contributed by atoms with Gasteiger partial charge in [0.25, 0.3) is 0 Å². The molecule has 1 heterocycles. The van der Waals surface area contributed by atoms with Gasteiger partial charge in [-0.25, -0.2) is 0 Å². The van der Waals surface area contributed by atoms with Gasteiger partial charge >= 0.3 is 0 Å². The van der Waals surface area contributed by atoms with Gasteiger partial charge in [-0.15, -0.1) is 24.0 Å². The van der Waals surface area contributed by atoms with E-state index in [9.17, 15) is 0 Å². The SMILES string of the molecule is CCN1CCC(CCNC(=NC)NC(C)c2ccccc2Cl)CC1.I. The normalized spacial score (nSPS) is 17.7. The summed E-state index contributed by atoms with van der Waals surface area (Å²) < 4.78 is 0. The topological polar surface area (TPSA) is 39.7 Å². The van der Waals surface area contributed by atoms with Crippen molar-refractivity contribution in [1.29, 1.82) is 0 Å². The maximum absolute atomic E-state index is 6.27. The quantitative estimate of drug-likeness (QED) is 0.364. The van der Waals surface area contributed by atoms with Crippen molar-refractivity contribution in [3.05, 3.63) is 34.9 Å². The number of likely N-dealkylation sites (tertiary alicyclic amines) is 1. The number of hydrogen-bond donors (Lipinski definition) is 2. The Bertz CT molecular complexity index is 530. The van der Waals surface area contributed by atoms with Crippen molar-refractivity contribution in [1.82, 2.24) is 15.5 Å². The van der Waals surface area contributed by atoms with E-state index < -0.39 is 0 Å². The molecule has 2 rings (SSSR count). The van der Waals surface area contributed by atoms with Gasteiger partial charge in [0.1, 0.15) is 0 Å². The maximum atomic E-state index is 6.27. The molecule has 4 nitrogen and oxygen atoms in total. The van der Waals surface area contributed by atoms with Crippen molar-refractivity contribution in [2.45, 2.75) is 39.2 Å². The Balaban J connectivity index is 0.00000312. The molecule has 1 unspecified atom stereocenters. The monoisotopic (exact) mass is 478 g/mol. The molecule has 1 aromatic rings. The molecule has 1 saturated heterocycles. The van der Waals surface area contributed by atoms with Crippen molar-refractivity contribution < 1.29 is 0 Å². The number of halogens is 2. The average Bonchev–Trinajstić information content (AvgIpc) is 2.61. The number of nitrogens with one attached hydrogen (secondary N) is 2. The van der Waals surface area contributed by atoms with Gasteiger partial charge in [-0.1, -0.05) is 36.7 Å². The fourth-order valence-corrected chi connectivity index (χ4v) is 3.59. The molecule has 25 heavy (non-hydrogen) atoms. The van der Waals surface area contributed by atoms with E-state index in [1.54, 1.807) is 0 Å². The summed E-state index contributed by atoms with van der Waals surface area (Å²) in [5.74, 6) is 1.67. The van der Waals surface area contributed by atoms with Crippen LogP contribution in [0.2, 0.25) is 5.02 Å². The minimum Gasteiger partial charge on any atom is -0.356 e. The van der Waals surface area contributed by atoms with Crippen LogP contribution in [0, 0.1) is 5.92 Å². The lowest BCUT2D eigenvalue weighted by molar-refractivity contribution is 0.187. The van der Waals surface area contributed by atoms with E-state index in [0.29, 0.717) is 0 Å². The summed E-state index contributed by atoms with van der Waals surface area (Å²) in [5.41, 5.74) is 1.09. The van der Waals surface area contributed by atoms with Crippen LogP contribution in [-0.4, -0.2) is 44.1 Å². The van der Waals surface area contributed by atoms with Crippen LogP contribution in [0.5, 0.6) is 0 Å². The van der Waals surface area contributed by atoms with Crippen LogP contribution in [0.4, 0.5) is 0 Å². The molecule has 0 aliphatic carbocycles. The van der Waals surface area contributed by atoms with Gasteiger partial charge in [0.2, 0.25) is 0 Å². The summed E-state index contributed by atoms with van der Waals surface area (Å²) >= 11 is 6.27. The first-order valence-electron chi connectivity index (χ1n) is 9.08. The number of rotatable bonds is 6. The highest BCUT2D eigenvalue weighted by Crippen LogP contribution is 2.22. The van der Waals surface area contributed by atoms with Gasteiger partial charge < -0.3 is 15.5 Å². The van der Waals surface area contributed by atoms with Gasteiger partial charge in [-0.3, -0.25) is 4.99 Å². The summed E-state index contributed by atoms with van der Waals surface area (Å²) in [7, 11) is 1.81. The fraction of sp³-hybridized carbons (Fsp3) is 0.632. The summed E-state index contributed by atoms with van der Waals surface area (Å²) in [6.45, 7) is 8.99. The minimum absolute atomic E-state index is 0. The molecule has 1 atom stereocenters. The predicted molar refractivity (Wildman–Crippen MR) is 119 cm³/mol. The lowest BCUT2D eigenvalue weighted by atomic mass is 9.93. The molecule has 142 valence electrons. The fourth-order valence-electron chi connectivity index (χ4n) is 3.29. The number of benzene rings is 1. The molecular formula is C19H32ClIN4. The van der Waals surface area contributed by atoms with Crippen LogP contribution in [0.1, 0.15) is 44.7 Å². The Morgan fingerprint density at radius 3 is 2.60 bits per heavy atom.